The second-order valence-corrected chi connectivity index (χ2v) is 9.33. The Morgan fingerprint density at radius 3 is 2.64 bits per heavy atom. The van der Waals surface area contributed by atoms with Crippen molar-refractivity contribution in [2.75, 3.05) is 47.1 Å². The van der Waals surface area contributed by atoms with Crippen LogP contribution in [0.15, 0.2) is 54.1 Å². The van der Waals surface area contributed by atoms with Crippen LogP contribution in [-0.4, -0.2) is 92.3 Å². The summed E-state index contributed by atoms with van der Waals surface area (Å²) in [4.78, 5) is 28.2. The Kier molecular flexibility index (Phi) is 9.45. The number of aliphatic hydroxyl groups excluding tert-OH is 2. The summed E-state index contributed by atoms with van der Waals surface area (Å²) >= 11 is 0. The number of amides is 2. The SMILES string of the molecule is CCOCC(=O)N(CCc1cc(OC)ccc1OC)C1C=C(C(=O)NCCO)C2c3ccccc3OC2C1O. The highest BCUT2D eigenvalue weighted by atomic mass is 16.5. The number of benzene rings is 2. The van der Waals surface area contributed by atoms with E-state index >= 15 is 0 Å². The number of para-hydroxylation sites is 1. The first-order valence-corrected chi connectivity index (χ1v) is 13.1. The topological polar surface area (TPSA) is 127 Å². The molecule has 0 saturated carbocycles. The van der Waals surface area contributed by atoms with Crippen molar-refractivity contribution in [3.05, 3.63) is 65.2 Å². The normalized spacial score (nSPS) is 21.2. The average molecular weight is 541 g/mol. The molecule has 3 N–H and O–H groups in total. The fourth-order valence-corrected chi connectivity index (χ4v) is 5.22. The molecule has 0 saturated heterocycles. The fourth-order valence-electron chi connectivity index (χ4n) is 5.22. The smallest absolute Gasteiger partial charge is 0.249 e. The molecule has 0 radical (unpaired) electrons. The lowest BCUT2D eigenvalue weighted by atomic mass is 9.77. The van der Waals surface area contributed by atoms with Gasteiger partial charge in [0.1, 0.15) is 36.1 Å². The molecule has 0 fully saturated rings. The van der Waals surface area contributed by atoms with Gasteiger partial charge in [-0.05, 0) is 49.2 Å². The molecule has 0 spiro atoms. The van der Waals surface area contributed by atoms with E-state index in [1.54, 1.807) is 45.4 Å². The maximum absolute atomic E-state index is 13.4. The Hall–Kier alpha value is -3.60. The third-order valence-corrected chi connectivity index (χ3v) is 7.10. The zero-order valence-electron chi connectivity index (χ0n) is 22.5. The van der Waals surface area contributed by atoms with Gasteiger partial charge in [0.25, 0.3) is 0 Å². The van der Waals surface area contributed by atoms with E-state index in [9.17, 15) is 19.8 Å². The van der Waals surface area contributed by atoms with Gasteiger partial charge >= 0.3 is 0 Å². The highest BCUT2D eigenvalue weighted by Crippen LogP contribution is 2.47. The lowest BCUT2D eigenvalue weighted by molar-refractivity contribution is -0.141. The van der Waals surface area contributed by atoms with Crippen LogP contribution in [-0.2, 0) is 20.7 Å². The van der Waals surface area contributed by atoms with Crippen LogP contribution in [0.2, 0.25) is 0 Å². The van der Waals surface area contributed by atoms with E-state index in [1.807, 2.05) is 24.3 Å². The second-order valence-electron chi connectivity index (χ2n) is 9.33. The lowest BCUT2D eigenvalue weighted by Crippen LogP contribution is -2.56. The van der Waals surface area contributed by atoms with Crippen LogP contribution in [0.3, 0.4) is 0 Å². The van der Waals surface area contributed by atoms with Gasteiger partial charge in [-0.25, -0.2) is 0 Å². The fraction of sp³-hybridized carbons (Fsp3) is 0.448. The molecule has 4 rings (SSSR count). The van der Waals surface area contributed by atoms with Gasteiger partial charge in [-0.15, -0.1) is 0 Å². The molecule has 1 aliphatic heterocycles. The minimum absolute atomic E-state index is 0.0753. The first kappa shape index (κ1) is 28.4. The minimum Gasteiger partial charge on any atom is -0.497 e. The Morgan fingerprint density at radius 2 is 1.92 bits per heavy atom. The largest absolute Gasteiger partial charge is 0.497 e. The van der Waals surface area contributed by atoms with Crippen molar-refractivity contribution in [1.29, 1.82) is 0 Å². The van der Waals surface area contributed by atoms with Crippen LogP contribution >= 0.6 is 0 Å². The van der Waals surface area contributed by atoms with Gasteiger partial charge in [-0.1, -0.05) is 18.2 Å². The van der Waals surface area contributed by atoms with Crippen molar-refractivity contribution >= 4 is 11.8 Å². The highest BCUT2D eigenvalue weighted by Gasteiger charge is 2.50. The Labute approximate surface area is 228 Å². The summed E-state index contributed by atoms with van der Waals surface area (Å²) in [5.41, 5.74) is 1.99. The summed E-state index contributed by atoms with van der Waals surface area (Å²) in [6, 6.07) is 11.9. The first-order chi connectivity index (χ1) is 18.9. The van der Waals surface area contributed by atoms with Crippen molar-refractivity contribution < 1.29 is 38.7 Å². The quantitative estimate of drug-likeness (QED) is 0.369. The molecular weight excluding hydrogens is 504 g/mol. The van der Waals surface area contributed by atoms with Crippen LogP contribution in [0.4, 0.5) is 0 Å². The zero-order chi connectivity index (χ0) is 27.9. The van der Waals surface area contributed by atoms with Crippen LogP contribution in [0.5, 0.6) is 17.2 Å². The predicted molar refractivity (Wildman–Crippen MR) is 143 cm³/mol. The molecule has 10 heteroatoms. The predicted octanol–water partition coefficient (Wildman–Crippen LogP) is 1.43. The van der Waals surface area contributed by atoms with Gasteiger partial charge in [0.2, 0.25) is 11.8 Å². The number of hydrogen-bond donors (Lipinski definition) is 3. The number of nitrogens with one attached hydrogen (secondary N) is 1. The number of methoxy groups -OCH3 is 2. The summed E-state index contributed by atoms with van der Waals surface area (Å²) in [6.45, 7) is 2.04. The Morgan fingerprint density at radius 1 is 1.13 bits per heavy atom. The first-order valence-electron chi connectivity index (χ1n) is 13.1. The summed E-state index contributed by atoms with van der Waals surface area (Å²) in [5.74, 6) is 0.644. The third-order valence-electron chi connectivity index (χ3n) is 7.10. The van der Waals surface area contributed by atoms with Gasteiger partial charge in [0, 0.05) is 30.8 Å². The van der Waals surface area contributed by atoms with Gasteiger partial charge in [0.05, 0.1) is 32.8 Å². The summed E-state index contributed by atoms with van der Waals surface area (Å²) < 4.78 is 22.4. The van der Waals surface area contributed by atoms with Crippen LogP contribution < -0.4 is 19.5 Å². The number of carbonyl (C=O) groups excluding carboxylic acids is 2. The standard InChI is InChI=1S/C29H36N2O8/c1-4-38-17-25(33)31(13-11-18-15-19(36-2)9-10-23(18)37-3)22-16-21(29(35)30-12-14-32)26-20-7-5-6-8-24(20)39-28(26)27(22)34/h5-10,15-16,22,26-28,32,34H,4,11-14,17H2,1-3H3,(H,30,35). The van der Waals surface area contributed by atoms with E-state index < -0.39 is 24.2 Å². The molecule has 39 heavy (non-hydrogen) atoms. The molecule has 2 amide bonds. The summed E-state index contributed by atoms with van der Waals surface area (Å²) in [5, 5.41) is 23.6. The zero-order valence-corrected chi connectivity index (χ0v) is 22.5. The van der Waals surface area contributed by atoms with E-state index in [-0.39, 0.29) is 38.1 Å². The van der Waals surface area contributed by atoms with E-state index in [4.69, 9.17) is 18.9 Å². The van der Waals surface area contributed by atoms with Crippen molar-refractivity contribution in [3.63, 3.8) is 0 Å². The number of fused-ring (bicyclic) bond motifs is 3. The van der Waals surface area contributed by atoms with Crippen molar-refractivity contribution in [1.82, 2.24) is 10.2 Å². The maximum Gasteiger partial charge on any atom is 0.249 e. The number of nitrogens with zero attached hydrogens (tertiary/aromatic N) is 1. The molecule has 1 aliphatic carbocycles. The number of rotatable bonds is 12. The van der Waals surface area contributed by atoms with Crippen molar-refractivity contribution in [3.8, 4) is 17.2 Å². The third kappa shape index (κ3) is 6.03. The molecule has 4 unspecified atom stereocenters. The van der Waals surface area contributed by atoms with E-state index in [1.165, 1.54) is 4.90 Å². The molecule has 0 bridgehead atoms. The molecule has 2 aromatic carbocycles. The van der Waals surface area contributed by atoms with E-state index in [0.717, 1.165) is 11.1 Å². The van der Waals surface area contributed by atoms with Crippen LogP contribution in [0.1, 0.15) is 24.0 Å². The number of ether oxygens (including phenoxy) is 4. The molecule has 4 atom stereocenters. The van der Waals surface area contributed by atoms with Crippen molar-refractivity contribution in [2.24, 2.45) is 0 Å². The lowest BCUT2D eigenvalue weighted by Gasteiger charge is -2.40. The molecular formula is C29H36N2O8. The highest BCUT2D eigenvalue weighted by molar-refractivity contribution is 5.96. The summed E-state index contributed by atoms with van der Waals surface area (Å²) in [7, 11) is 3.15. The molecule has 210 valence electrons. The van der Waals surface area contributed by atoms with Crippen LogP contribution in [0.25, 0.3) is 0 Å². The maximum atomic E-state index is 13.4. The van der Waals surface area contributed by atoms with Gasteiger partial charge in [-0.2, -0.15) is 0 Å². The average Bonchev–Trinajstić information content (AvgIpc) is 3.36. The Bertz CT molecular complexity index is 1200. The van der Waals surface area contributed by atoms with E-state index in [0.29, 0.717) is 35.8 Å². The second kappa shape index (κ2) is 13.0. The van der Waals surface area contributed by atoms with Gasteiger partial charge < -0.3 is 39.4 Å². The molecule has 10 nitrogen and oxygen atoms in total. The molecule has 2 aromatic rings. The van der Waals surface area contributed by atoms with E-state index in [2.05, 4.69) is 5.32 Å². The number of carbonyl (C=O) groups is 2. The van der Waals surface area contributed by atoms with Crippen LogP contribution in [0, 0.1) is 0 Å². The molecule has 1 heterocycles. The number of aliphatic hydroxyl groups is 2. The summed E-state index contributed by atoms with van der Waals surface area (Å²) in [6.07, 6.45) is 0.156. The Balaban J connectivity index is 1.71. The minimum atomic E-state index is -1.12. The number of hydrogen-bond acceptors (Lipinski definition) is 8. The molecule has 2 aliphatic rings. The molecule has 0 aromatic heterocycles. The van der Waals surface area contributed by atoms with Crippen molar-refractivity contribution in [2.45, 2.75) is 37.5 Å². The van der Waals surface area contributed by atoms with Gasteiger partial charge in [-0.3, -0.25) is 9.59 Å². The van der Waals surface area contributed by atoms with Gasteiger partial charge in [0.15, 0.2) is 0 Å². The monoisotopic (exact) mass is 540 g/mol.